The Bertz CT molecular complexity index is 1170. The number of imidazole rings is 1. The monoisotopic (exact) mass is 359 g/mol. The minimum Gasteiger partial charge on any atom is -0.304 e. The smallest absolute Gasteiger partial charge is 0.159 e. The highest BCUT2D eigenvalue weighted by molar-refractivity contribution is 5.44. The van der Waals surface area contributed by atoms with Gasteiger partial charge in [0, 0.05) is 29.8 Å². The molecule has 7 nitrogen and oxygen atoms in total. The van der Waals surface area contributed by atoms with Crippen LogP contribution in [0.3, 0.4) is 0 Å². The van der Waals surface area contributed by atoms with Crippen LogP contribution in [0.4, 0.5) is 0 Å². The Labute approximate surface area is 157 Å². The summed E-state index contributed by atoms with van der Waals surface area (Å²) < 4.78 is 3.95. The van der Waals surface area contributed by atoms with Gasteiger partial charge in [-0.25, -0.2) is 19.9 Å². The molecule has 2 atom stereocenters. The quantitative estimate of drug-likeness (QED) is 0.561. The van der Waals surface area contributed by atoms with E-state index in [-0.39, 0.29) is 0 Å². The molecule has 1 saturated carbocycles. The lowest BCUT2D eigenvalue weighted by molar-refractivity contribution is 0.778. The highest BCUT2D eigenvalue weighted by Gasteiger charge is 2.42. The molecule has 4 aromatic heterocycles. The van der Waals surface area contributed by atoms with E-state index in [4.69, 9.17) is 9.97 Å². The molecule has 4 aromatic rings. The van der Waals surface area contributed by atoms with Gasteiger partial charge >= 0.3 is 0 Å². The lowest BCUT2D eigenvalue weighted by Gasteiger charge is -2.06. The van der Waals surface area contributed by atoms with Crippen LogP contribution in [0.1, 0.15) is 52.8 Å². The third-order valence-electron chi connectivity index (χ3n) is 5.20. The molecular weight excluding hydrogens is 338 g/mol. The third kappa shape index (κ3) is 2.70. The summed E-state index contributed by atoms with van der Waals surface area (Å²) in [5.41, 5.74) is 4.40. The SMILES string of the molecule is Cc1nc([C@@H]2CC2c2cn3c(C)cccc3n2)cc(-n2nc(C)nc2C)n1. The minimum atomic E-state index is 0.376. The van der Waals surface area contributed by atoms with Crippen LogP contribution in [0.25, 0.3) is 11.5 Å². The van der Waals surface area contributed by atoms with Crippen molar-refractivity contribution < 1.29 is 0 Å². The standard InChI is InChI=1S/C20H21N7/c1-11-6-5-7-19-24-18(10-26(11)19)16-8-15(16)17-9-20(23-12(2)22-17)27-14(4)21-13(3)25-27/h5-7,9-10,15-16H,8H2,1-4H3/t15-,16?/m1/s1. The number of nitrogens with zero attached hydrogens (tertiary/aromatic N) is 7. The second-order valence-corrected chi connectivity index (χ2v) is 7.33. The molecule has 0 radical (unpaired) electrons. The van der Waals surface area contributed by atoms with Gasteiger partial charge in [0.2, 0.25) is 0 Å². The van der Waals surface area contributed by atoms with Gasteiger partial charge in [-0.05, 0) is 46.2 Å². The van der Waals surface area contributed by atoms with Crippen molar-refractivity contribution in [2.45, 2.75) is 46.0 Å². The summed E-state index contributed by atoms with van der Waals surface area (Å²) in [6.07, 6.45) is 3.23. The Morgan fingerprint density at radius 1 is 0.889 bits per heavy atom. The van der Waals surface area contributed by atoms with Crippen molar-refractivity contribution in [2.24, 2.45) is 0 Å². The van der Waals surface area contributed by atoms with Crippen molar-refractivity contribution in [1.29, 1.82) is 0 Å². The van der Waals surface area contributed by atoms with Crippen molar-refractivity contribution in [3.05, 3.63) is 65.0 Å². The molecule has 1 aliphatic rings. The van der Waals surface area contributed by atoms with E-state index in [1.165, 1.54) is 5.69 Å². The first-order chi connectivity index (χ1) is 13.0. The van der Waals surface area contributed by atoms with Gasteiger partial charge in [-0.2, -0.15) is 4.68 Å². The number of pyridine rings is 1. The maximum atomic E-state index is 4.82. The molecule has 7 heteroatoms. The molecular formula is C20H21N7. The molecule has 0 aromatic carbocycles. The summed E-state index contributed by atoms with van der Waals surface area (Å²) in [7, 11) is 0. The van der Waals surface area contributed by atoms with Crippen LogP contribution < -0.4 is 0 Å². The molecule has 1 fully saturated rings. The second kappa shape index (κ2) is 5.70. The van der Waals surface area contributed by atoms with Crippen LogP contribution in [-0.4, -0.2) is 34.1 Å². The van der Waals surface area contributed by atoms with Gasteiger partial charge < -0.3 is 4.40 Å². The molecule has 0 N–H and O–H groups in total. The van der Waals surface area contributed by atoms with Gasteiger partial charge in [-0.1, -0.05) is 6.07 Å². The summed E-state index contributed by atoms with van der Waals surface area (Å²) >= 11 is 0. The van der Waals surface area contributed by atoms with Crippen molar-refractivity contribution in [3.8, 4) is 5.82 Å². The molecule has 0 spiro atoms. The molecule has 0 bridgehead atoms. The zero-order chi connectivity index (χ0) is 18.7. The van der Waals surface area contributed by atoms with Crippen molar-refractivity contribution in [1.82, 2.24) is 34.1 Å². The van der Waals surface area contributed by atoms with Crippen LogP contribution >= 0.6 is 0 Å². The molecule has 4 heterocycles. The van der Waals surface area contributed by atoms with Crippen LogP contribution in [0.2, 0.25) is 0 Å². The fraction of sp³-hybridized carbons (Fsp3) is 0.350. The van der Waals surface area contributed by atoms with Gasteiger partial charge in [-0.3, -0.25) is 0 Å². The average Bonchev–Trinajstić information content (AvgIpc) is 3.18. The van der Waals surface area contributed by atoms with Gasteiger partial charge in [0.05, 0.1) is 11.4 Å². The van der Waals surface area contributed by atoms with E-state index in [0.717, 1.165) is 46.7 Å². The molecule has 5 rings (SSSR count). The lowest BCUT2D eigenvalue weighted by Crippen LogP contribution is -2.06. The number of aromatic nitrogens is 7. The fourth-order valence-corrected chi connectivity index (χ4v) is 3.81. The van der Waals surface area contributed by atoms with E-state index in [9.17, 15) is 0 Å². The van der Waals surface area contributed by atoms with Crippen LogP contribution in [-0.2, 0) is 0 Å². The topological polar surface area (TPSA) is 73.8 Å². The third-order valence-corrected chi connectivity index (χ3v) is 5.20. The Balaban J connectivity index is 1.49. The van der Waals surface area contributed by atoms with Crippen LogP contribution in [0.5, 0.6) is 0 Å². The maximum Gasteiger partial charge on any atom is 0.159 e. The first kappa shape index (κ1) is 16.1. The van der Waals surface area contributed by atoms with E-state index in [1.54, 1.807) is 4.68 Å². The Morgan fingerprint density at radius 3 is 2.44 bits per heavy atom. The predicted molar refractivity (Wildman–Crippen MR) is 101 cm³/mol. The molecule has 1 unspecified atom stereocenters. The normalized spacial score (nSPS) is 19.0. The zero-order valence-electron chi connectivity index (χ0n) is 15.9. The molecule has 0 saturated heterocycles. The number of aryl methyl sites for hydroxylation is 4. The van der Waals surface area contributed by atoms with E-state index in [2.05, 4.69) is 44.7 Å². The predicted octanol–water partition coefficient (Wildman–Crippen LogP) is 3.21. The van der Waals surface area contributed by atoms with Gasteiger partial charge in [-0.15, -0.1) is 5.10 Å². The van der Waals surface area contributed by atoms with Crippen LogP contribution in [0, 0.1) is 27.7 Å². The summed E-state index contributed by atoms with van der Waals surface area (Å²) in [5, 5.41) is 4.46. The average molecular weight is 359 g/mol. The first-order valence-corrected chi connectivity index (χ1v) is 9.20. The lowest BCUT2D eigenvalue weighted by atomic mass is 10.2. The van der Waals surface area contributed by atoms with Crippen molar-refractivity contribution >= 4 is 5.65 Å². The van der Waals surface area contributed by atoms with Gasteiger partial charge in [0.1, 0.15) is 23.1 Å². The van der Waals surface area contributed by atoms with E-state index in [1.807, 2.05) is 32.9 Å². The second-order valence-electron chi connectivity index (χ2n) is 7.33. The maximum absolute atomic E-state index is 4.82. The molecule has 27 heavy (non-hydrogen) atoms. The Morgan fingerprint density at radius 2 is 1.70 bits per heavy atom. The summed E-state index contributed by atoms with van der Waals surface area (Å²) in [6.45, 7) is 7.86. The molecule has 1 aliphatic carbocycles. The van der Waals surface area contributed by atoms with Crippen molar-refractivity contribution in [2.75, 3.05) is 0 Å². The van der Waals surface area contributed by atoms with E-state index < -0.39 is 0 Å². The fourth-order valence-electron chi connectivity index (χ4n) is 3.81. The first-order valence-electron chi connectivity index (χ1n) is 9.20. The van der Waals surface area contributed by atoms with E-state index >= 15 is 0 Å². The number of rotatable bonds is 3. The summed E-state index contributed by atoms with van der Waals surface area (Å²) in [4.78, 5) is 18.5. The molecule has 136 valence electrons. The number of fused-ring (bicyclic) bond motifs is 1. The minimum absolute atomic E-state index is 0.376. The summed E-state index contributed by atoms with van der Waals surface area (Å²) in [6, 6.07) is 8.25. The highest BCUT2D eigenvalue weighted by Crippen LogP contribution is 2.53. The Hall–Kier alpha value is -3.09. The van der Waals surface area contributed by atoms with Gasteiger partial charge in [0.25, 0.3) is 0 Å². The number of hydrogen-bond donors (Lipinski definition) is 0. The van der Waals surface area contributed by atoms with Gasteiger partial charge in [0.15, 0.2) is 5.82 Å². The Kier molecular flexibility index (Phi) is 3.40. The zero-order valence-corrected chi connectivity index (χ0v) is 15.9. The van der Waals surface area contributed by atoms with Crippen molar-refractivity contribution in [3.63, 3.8) is 0 Å². The number of hydrogen-bond acceptors (Lipinski definition) is 5. The summed E-state index contributed by atoms with van der Waals surface area (Å²) in [5.74, 6) is 3.90. The molecule has 0 aliphatic heterocycles. The molecule has 0 amide bonds. The van der Waals surface area contributed by atoms with E-state index in [0.29, 0.717) is 11.8 Å². The van der Waals surface area contributed by atoms with Crippen LogP contribution in [0.15, 0.2) is 30.5 Å². The largest absolute Gasteiger partial charge is 0.304 e. The highest BCUT2D eigenvalue weighted by atomic mass is 15.4.